The molecule has 0 saturated carbocycles. The predicted octanol–water partition coefficient (Wildman–Crippen LogP) is 4.18. The van der Waals surface area contributed by atoms with E-state index in [2.05, 4.69) is 0 Å². The van der Waals surface area contributed by atoms with Crippen LogP contribution in [0.15, 0.2) is 54.7 Å². The fraction of sp³-hybridized carbons (Fsp3) is 0.393. The molecule has 2 heterocycles. The van der Waals surface area contributed by atoms with E-state index >= 15 is 0 Å². The summed E-state index contributed by atoms with van der Waals surface area (Å²) >= 11 is 0. The molecule has 4 rings (SSSR count). The van der Waals surface area contributed by atoms with Gasteiger partial charge in [-0.05, 0) is 44.9 Å². The average molecular weight is 521 g/mol. The second kappa shape index (κ2) is 9.59. The number of nitrogens with zero attached hydrogens (tertiary/aromatic N) is 4. The molecule has 0 bridgehead atoms. The second-order valence-electron chi connectivity index (χ2n) is 10.9. The van der Waals surface area contributed by atoms with Crippen LogP contribution < -0.4 is 0 Å². The SMILES string of the molecule is CN1C(=O)C(C)(Cc2ccccc2)N(C)C(=O)C1Cc1cn(C(=O)OC(C)(C)C)c2cccc([N+](=O)[O-])c12. The Kier molecular flexibility index (Phi) is 6.77. The van der Waals surface area contributed by atoms with Gasteiger partial charge in [-0.2, -0.15) is 0 Å². The number of hydrogen-bond acceptors (Lipinski definition) is 6. The van der Waals surface area contributed by atoms with Crippen molar-refractivity contribution >= 4 is 34.5 Å². The molecule has 0 N–H and O–H groups in total. The van der Waals surface area contributed by atoms with Crippen LogP contribution in [0.3, 0.4) is 0 Å². The van der Waals surface area contributed by atoms with Gasteiger partial charge < -0.3 is 14.5 Å². The molecule has 1 aromatic heterocycles. The summed E-state index contributed by atoms with van der Waals surface area (Å²) in [5, 5.41) is 12.1. The van der Waals surface area contributed by atoms with Crippen molar-refractivity contribution in [2.45, 2.75) is 57.7 Å². The first-order valence-corrected chi connectivity index (χ1v) is 12.3. The molecule has 2 atom stereocenters. The number of fused-ring (bicyclic) bond motifs is 1. The van der Waals surface area contributed by atoms with Crippen molar-refractivity contribution in [2.75, 3.05) is 14.1 Å². The van der Waals surface area contributed by atoms with Gasteiger partial charge in [-0.1, -0.05) is 36.4 Å². The Labute approximate surface area is 220 Å². The number of hydrogen-bond donors (Lipinski definition) is 0. The van der Waals surface area contributed by atoms with Crippen molar-refractivity contribution in [1.29, 1.82) is 0 Å². The fourth-order valence-corrected chi connectivity index (χ4v) is 5.03. The van der Waals surface area contributed by atoms with Crippen LogP contribution in [0, 0.1) is 10.1 Å². The Morgan fingerprint density at radius 1 is 1.08 bits per heavy atom. The highest BCUT2D eigenvalue weighted by molar-refractivity contribution is 6.01. The third-order valence-electron chi connectivity index (χ3n) is 7.08. The molecule has 0 aliphatic carbocycles. The van der Waals surface area contributed by atoms with Gasteiger partial charge in [-0.25, -0.2) is 4.79 Å². The number of rotatable bonds is 5. The predicted molar refractivity (Wildman–Crippen MR) is 142 cm³/mol. The van der Waals surface area contributed by atoms with E-state index in [4.69, 9.17) is 4.74 Å². The molecule has 1 aliphatic rings. The lowest BCUT2D eigenvalue weighted by atomic mass is 9.85. The molecule has 2 amide bonds. The van der Waals surface area contributed by atoms with Crippen molar-refractivity contribution in [3.8, 4) is 0 Å². The fourth-order valence-electron chi connectivity index (χ4n) is 5.03. The summed E-state index contributed by atoms with van der Waals surface area (Å²) in [5.74, 6) is -0.527. The van der Waals surface area contributed by atoms with Gasteiger partial charge in [0.15, 0.2) is 0 Å². The van der Waals surface area contributed by atoms with Crippen LogP contribution in [0.2, 0.25) is 0 Å². The summed E-state index contributed by atoms with van der Waals surface area (Å²) in [6, 6.07) is 13.0. The maximum absolute atomic E-state index is 13.7. The Hall–Kier alpha value is -4.21. The van der Waals surface area contributed by atoms with Crippen molar-refractivity contribution in [3.05, 3.63) is 76.0 Å². The molecule has 1 fully saturated rings. The molecule has 1 aliphatic heterocycles. The normalized spacial score (nSPS) is 20.2. The zero-order chi connectivity index (χ0) is 28.0. The molecule has 1 saturated heterocycles. The molecular formula is C28H32N4O6. The molecule has 10 nitrogen and oxygen atoms in total. The van der Waals surface area contributed by atoms with Crippen LogP contribution >= 0.6 is 0 Å². The number of aromatic nitrogens is 1. The number of nitro groups is 1. The van der Waals surface area contributed by atoms with Crippen molar-refractivity contribution in [1.82, 2.24) is 14.4 Å². The van der Waals surface area contributed by atoms with Gasteiger partial charge in [0.1, 0.15) is 17.2 Å². The molecule has 0 radical (unpaired) electrons. The van der Waals surface area contributed by atoms with E-state index in [-0.39, 0.29) is 29.3 Å². The van der Waals surface area contributed by atoms with Gasteiger partial charge >= 0.3 is 6.09 Å². The minimum absolute atomic E-state index is 0.00994. The zero-order valence-electron chi connectivity index (χ0n) is 22.4. The van der Waals surface area contributed by atoms with Crippen molar-refractivity contribution < 1.29 is 24.0 Å². The van der Waals surface area contributed by atoms with E-state index in [1.54, 1.807) is 47.9 Å². The number of amides is 2. The van der Waals surface area contributed by atoms with Crippen LogP contribution in [-0.2, 0) is 27.2 Å². The molecule has 2 aromatic carbocycles. The number of likely N-dealkylation sites (N-methyl/N-ethyl adjacent to an activating group) is 2. The number of carbonyl (C=O) groups excluding carboxylic acids is 3. The first-order valence-electron chi connectivity index (χ1n) is 12.3. The summed E-state index contributed by atoms with van der Waals surface area (Å²) in [6.07, 6.45) is 1.11. The van der Waals surface area contributed by atoms with Gasteiger partial charge in [-0.15, -0.1) is 0 Å². The number of piperazine rings is 1. The molecular weight excluding hydrogens is 488 g/mol. The van der Waals surface area contributed by atoms with Crippen LogP contribution in [0.4, 0.5) is 10.5 Å². The number of nitro benzene ring substituents is 1. The first-order chi connectivity index (χ1) is 17.7. The number of ether oxygens (including phenoxy) is 1. The molecule has 200 valence electrons. The van der Waals surface area contributed by atoms with E-state index in [0.29, 0.717) is 17.5 Å². The summed E-state index contributed by atoms with van der Waals surface area (Å²) in [7, 11) is 3.18. The lowest BCUT2D eigenvalue weighted by Crippen LogP contribution is -2.69. The molecule has 38 heavy (non-hydrogen) atoms. The van der Waals surface area contributed by atoms with Crippen LogP contribution in [0.25, 0.3) is 10.9 Å². The monoisotopic (exact) mass is 520 g/mol. The van der Waals surface area contributed by atoms with E-state index in [1.807, 2.05) is 30.3 Å². The maximum Gasteiger partial charge on any atom is 0.419 e. The standard InChI is InChI=1S/C28H32N4O6/c1-27(2,3)38-26(35)31-17-19(23-20(31)13-10-14-21(23)32(36)37)15-22-24(33)30(6)28(4,25(34)29(22)5)16-18-11-8-7-9-12-18/h7-14,17,22H,15-16H2,1-6H3. The highest BCUT2D eigenvalue weighted by Gasteiger charge is 2.50. The van der Waals surface area contributed by atoms with E-state index in [1.165, 1.54) is 32.7 Å². The minimum Gasteiger partial charge on any atom is -0.443 e. The molecule has 2 unspecified atom stereocenters. The Bertz CT molecular complexity index is 1420. The molecule has 10 heteroatoms. The highest BCUT2D eigenvalue weighted by atomic mass is 16.6. The Morgan fingerprint density at radius 3 is 2.34 bits per heavy atom. The number of carbonyl (C=O) groups is 3. The van der Waals surface area contributed by atoms with Crippen LogP contribution in [-0.4, -0.2) is 68.5 Å². The van der Waals surface area contributed by atoms with Gasteiger partial charge in [0, 0.05) is 39.2 Å². The average Bonchev–Trinajstić information content (AvgIpc) is 3.23. The summed E-state index contributed by atoms with van der Waals surface area (Å²) in [5.41, 5.74) is -0.462. The van der Waals surface area contributed by atoms with Crippen LogP contribution in [0.5, 0.6) is 0 Å². The van der Waals surface area contributed by atoms with Gasteiger partial charge in [-0.3, -0.25) is 24.3 Å². The molecule has 0 spiro atoms. The topological polar surface area (TPSA) is 115 Å². The maximum atomic E-state index is 13.7. The second-order valence-corrected chi connectivity index (χ2v) is 10.9. The van der Waals surface area contributed by atoms with E-state index in [0.717, 1.165) is 5.56 Å². The Morgan fingerprint density at radius 2 is 1.74 bits per heavy atom. The highest BCUT2D eigenvalue weighted by Crippen LogP contribution is 2.35. The van der Waals surface area contributed by atoms with Crippen molar-refractivity contribution in [3.63, 3.8) is 0 Å². The zero-order valence-corrected chi connectivity index (χ0v) is 22.4. The van der Waals surface area contributed by atoms with Crippen LogP contribution in [0.1, 0.15) is 38.8 Å². The third-order valence-corrected chi connectivity index (χ3v) is 7.08. The van der Waals surface area contributed by atoms with E-state index in [9.17, 15) is 24.5 Å². The minimum atomic E-state index is -1.10. The summed E-state index contributed by atoms with van der Waals surface area (Å²) in [4.78, 5) is 54.6. The van der Waals surface area contributed by atoms with Gasteiger partial charge in [0.05, 0.1) is 15.8 Å². The summed E-state index contributed by atoms with van der Waals surface area (Å²) in [6.45, 7) is 6.92. The Balaban J connectivity index is 1.74. The first kappa shape index (κ1) is 26.8. The smallest absolute Gasteiger partial charge is 0.419 e. The number of benzene rings is 2. The largest absolute Gasteiger partial charge is 0.443 e. The molecule has 3 aromatic rings. The third kappa shape index (κ3) is 4.73. The summed E-state index contributed by atoms with van der Waals surface area (Å²) < 4.78 is 6.73. The lowest BCUT2D eigenvalue weighted by molar-refractivity contribution is -0.383. The van der Waals surface area contributed by atoms with Crippen molar-refractivity contribution in [2.24, 2.45) is 0 Å². The quantitative estimate of drug-likeness (QED) is 0.368. The lowest BCUT2D eigenvalue weighted by Gasteiger charge is -2.48. The van der Waals surface area contributed by atoms with Gasteiger partial charge in [0.2, 0.25) is 11.8 Å². The number of non-ortho nitro benzene ring substituents is 1. The van der Waals surface area contributed by atoms with Gasteiger partial charge in [0.25, 0.3) is 5.69 Å². The van der Waals surface area contributed by atoms with E-state index < -0.39 is 28.2 Å².